The maximum atomic E-state index is 13.3. The number of halogens is 4. The van der Waals surface area contributed by atoms with E-state index in [9.17, 15) is 17.3 Å². The van der Waals surface area contributed by atoms with Gasteiger partial charge in [-0.15, -0.1) is 5.46 Å². The van der Waals surface area contributed by atoms with Crippen LogP contribution in [0.15, 0.2) is 18.2 Å². The second-order valence-corrected chi connectivity index (χ2v) is 4.88. The Bertz CT molecular complexity index is 412. The monoisotopic (exact) mass is 330 g/mol. The van der Waals surface area contributed by atoms with Gasteiger partial charge >= 0.3 is 58.4 Å². The molecule has 0 fully saturated rings. The minimum absolute atomic E-state index is 0. The van der Waals surface area contributed by atoms with E-state index in [0.29, 0.717) is 0 Å². The van der Waals surface area contributed by atoms with E-state index >= 15 is 0 Å². The molecule has 0 spiro atoms. The number of hydrogen-bond acceptors (Lipinski definition) is 1. The van der Waals surface area contributed by atoms with Crippen LogP contribution in [0.5, 0.6) is 5.75 Å². The zero-order valence-corrected chi connectivity index (χ0v) is 15.8. The Balaban J connectivity index is 0.00000400. The van der Waals surface area contributed by atoms with E-state index in [2.05, 4.69) is 6.92 Å². The van der Waals surface area contributed by atoms with E-state index in [0.717, 1.165) is 50.3 Å². The molecule has 0 aliphatic rings. The molecule has 1 aromatic carbocycles. The van der Waals surface area contributed by atoms with Crippen molar-refractivity contribution in [2.45, 2.75) is 45.4 Å². The van der Waals surface area contributed by atoms with Gasteiger partial charge in [0.2, 0.25) is 0 Å². The van der Waals surface area contributed by atoms with Crippen molar-refractivity contribution < 1.29 is 73.5 Å². The average molecular weight is 330 g/mol. The van der Waals surface area contributed by atoms with E-state index in [1.165, 1.54) is 6.42 Å². The summed E-state index contributed by atoms with van der Waals surface area (Å²) in [5.74, 6) is -1.06. The maximum Gasteiger partial charge on any atom is 1.00 e. The van der Waals surface area contributed by atoms with Gasteiger partial charge < -0.3 is 17.7 Å². The van der Waals surface area contributed by atoms with E-state index in [1.807, 2.05) is 0 Å². The van der Waals surface area contributed by atoms with Gasteiger partial charge in [-0.2, -0.15) is 0 Å². The largest absolute Gasteiger partial charge is 1.00 e. The third kappa shape index (κ3) is 8.59. The molecule has 0 unspecified atom stereocenters. The van der Waals surface area contributed by atoms with Gasteiger partial charge in [0.15, 0.2) is 11.6 Å². The molecule has 0 N–H and O–H groups in total. The summed E-state index contributed by atoms with van der Waals surface area (Å²) >= 11 is 0. The van der Waals surface area contributed by atoms with Gasteiger partial charge in [-0.1, -0.05) is 45.1 Å². The minimum atomic E-state index is -5.12. The first-order valence-corrected chi connectivity index (χ1v) is 7.07. The Hall–Kier alpha value is 0.441. The molecule has 1 rings (SSSR count). The van der Waals surface area contributed by atoms with Crippen LogP contribution < -0.4 is 61.6 Å². The third-order valence-corrected chi connectivity index (χ3v) is 3.09. The molecular weight excluding hydrogens is 310 g/mol. The van der Waals surface area contributed by atoms with Crippen LogP contribution in [-0.4, -0.2) is 13.6 Å². The summed E-state index contributed by atoms with van der Waals surface area (Å²) in [6, 6.07) is 2.29. The predicted octanol–water partition coefficient (Wildman–Crippen LogP) is 1.62. The van der Waals surface area contributed by atoms with E-state index in [1.54, 1.807) is 0 Å². The Morgan fingerprint density at radius 1 is 1.00 bits per heavy atom. The molecule has 0 radical (unpaired) electrons. The maximum absolute atomic E-state index is 13.3. The summed E-state index contributed by atoms with van der Waals surface area (Å²) in [7, 11) is 0. The summed E-state index contributed by atoms with van der Waals surface area (Å²) in [5.41, 5.74) is -0.829. The summed E-state index contributed by atoms with van der Waals surface area (Å²) in [4.78, 5) is 0. The number of rotatable bonds is 9. The fourth-order valence-corrected chi connectivity index (χ4v) is 1.90. The quantitative estimate of drug-likeness (QED) is 0.380. The number of hydrogen-bond donors (Lipinski definition) is 0. The number of benzene rings is 1. The average Bonchev–Trinajstić information content (AvgIpc) is 2.38. The van der Waals surface area contributed by atoms with E-state index < -0.39 is 18.3 Å². The molecule has 1 aromatic rings. The SMILES string of the molecule is CCCCCCCCOc1cc([B-](F)(F)F)ccc1F.[K+]. The summed E-state index contributed by atoms with van der Waals surface area (Å²) < 4.78 is 56.1. The first kappa shape index (κ1) is 21.4. The fraction of sp³-hybridized carbons (Fsp3) is 0.571. The fourth-order valence-electron chi connectivity index (χ4n) is 1.90. The van der Waals surface area contributed by atoms with Gasteiger partial charge in [0.1, 0.15) is 0 Å². The summed E-state index contributed by atoms with van der Waals surface area (Å²) in [6.07, 6.45) is 6.25. The van der Waals surface area contributed by atoms with Crippen molar-refractivity contribution >= 4 is 12.4 Å². The Morgan fingerprint density at radius 3 is 2.24 bits per heavy atom. The van der Waals surface area contributed by atoms with Gasteiger partial charge in [-0.05, 0) is 18.6 Å². The molecule has 0 saturated heterocycles. The first-order chi connectivity index (χ1) is 9.45. The molecule has 0 amide bonds. The molecule has 0 saturated carbocycles. The van der Waals surface area contributed by atoms with E-state index in [4.69, 9.17) is 4.74 Å². The summed E-state index contributed by atoms with van der Waals surface area (Å²) in [6.45, 7) is -2.75. The van der Waals surface area contributed by atoms with Crippen LogP contribution >= 0.6 is 0 Å². The van der Waals surface area contributed by atoms with Crippen LogP contribution in [-0.2, 0) is 0 Å². The zero-order valence-electron chi connectivity index (χ0n) is 12.7. The topological polar surface area (TPSA) is 9.23 Å². The van der Waals surface area contributed by atoms with Crippen molar-refractivity contribution in [1.29, 1.82) is 0 Å². The van der Waals surface area contributed by atoms with Crippen molar-refractivity contribution in [3.63, 3.8) is 0 Å². The molecule has 21 heavy (non-hydrogen) atoms. The van der Waals surface area contributed by atoms with Crippen LogP contribution in [0.3, 0.4) is 0 Å². The van der Waals surface area contributed by atoms with Crippen LogP contribution in [0.2, 0.25) is 0 Å². The third-order valence-electron chi connectivity index (χ3n) is 3.09. The standard InChI is InChI=1S/C14H20BF4O.K/c1-2-3-4-5-6-7-10-20-14-11-12(15(17,18)19)8-9-13(14)16;/h8-9,11H,2-7,10H2,1H3;/q-1;+1. The molecule has 0 heterocycles. The van der Waals surface area contributed by atoms with Crippen LogP contribution in [0.1, 0.15) is 45.4 Å². The van der Waals surface area contributed by atoms with Gasteiger partial charge in [-0.25, -0.2) is 4.39 Å². The van der Waals surface area contributed by atoms with Gasteiger partial charge in [0, 0.05) is 0 Å². The van der Waals surface area contributed by atoms with Crippen LogP contribution in [0.25, 0.3) is 0 Å². The van der Waals surface area contributed by atoms with Crippen molar-refractivity contribution in [3.8, 4) is 5.75 Å². The molecule has 114 valence electrons. The van der Waals surface area contributed by atoms with Crippen LogP contribution in [0.4, 0.5) is 17.3 Å². The van der Waals surface area contributed by atoms with Crippen molar-refractivity contribution in [2.24, 2.45) is 0 Å². The first-order valence-electron chi connectivity index (χ1n) is 7.07. The van der Waals surface area contributed by atoms with Gasteiger partial charge in [-0.3, -0.25) is 0 Å². The smallest absolute Gasteiger partial charge is 0.491 e. The number of ether oxygens (including phenoxy) is 1. The summed E-state index contributed by atoms with van der Waals surface area (Å²) in [5, 5.41) is 0. The van der Waals surface area contributed by atoms with Crippen LogP contribution in [0, 0.1) is 5.82 Å². The Kier molecular flexibility index (Phi) is 11.3. The zero-order chi connectivity index (χ0) is 15.0. The van der Waals surface area contributed by atoms with Gasteiger partial charge in [0.05, 0.1) is 6.61 Å². The second-order valence-electron chi connectivity index (χ2n) is 4.88. The molecule has 1 nitrogen and oxygen atoms in total. The van der Waals surface area contributed by atoms with Crippen molar-refractivity contribution in [3.05, 3.63) is 24.0 Å². The normalized spacial score (nSPS) is 11.1. The number of unbranched alkanes of at least 4 members (excludes halogenated alkanes) is 5. The molecule has 0 aromatic heterocycles. The van der Waals surface area contributed by atoms with Crippen molar-refractivity contribution in [1.82, 2.24) is 0 Å². The minimum Gasteiger partial charge on any atom is -0.491 e. The predicted molar refractivity (Wildman–Crippen MR) is 74.0 cm³/mol. The molecular formula is C14H20BF4KO. The Morgan fingerprint density at radius 2 is 1.62 bits per heavy atom. The van der Waals surface area contributed by atoms with Crippen molar-refractivity contribution in [2.75, 3.05) is 6.61 Å². The van der Waals surface area contributed by atoms with E-state index in [-0.39, 0.29) is 63.7 Å². The molecule has 0 aliphatic heterocycles. The molecule has 0 atom stereocenters. The molecule has 7 heteroatoms. The molecule has 0 bridgehead atoms. The molecule has 0 aliphatic carbocycles. The second kappa shape index (κ2) is 11.1. The Labute approximate surface area is 166 Å². The van der Waals surface area contributed by atoms with Gasteiger partial charge in [0.25, 0.3) is 0 Å².